The molecule has 0 radical (unpaired) electrons. The van der Waals surface area contributed by atoms with E-state index in [9.17, 15) is 9.59 Å². The summed E-state index contributed by atoms with van der Waals surface area (Å²) in [4.78, 5) is 25.9. The van der Waals surface area contributed by atoms with Crippen LogP contribution in [0, 0.1) is 13.8 Å². The zero-order chi connectivity index (χ0) is 15.4. The molecule has 1 unspecified atom stereocenters. The Morgan fingerprint density at radius 2 is 2.24 bits per heavy atom. The predicted molar refractivity (Wildman–Crippen MR) is 75.8 cm³/mol. The molecular weight excluding hydrogens is 274 g/mol. The van der Waals surface area contributed by atoms with Crippen molar-refractivity contribution in [2.75, 3.05) is 25.5 Å². The molecule has 1 aliphatic rings. The summed E-state index contributed by atoms with van der Waals surface area (Å²) in [5, 5.41) is 6.53. The van der Waals surface area contributed by atoms with Gasteiger partial charge in [0.2, 0.25) is 5.91 Å². The van der Waals surface area contributed by atoms with E-state index in [-0.39, 0.29) is 18.4 Å². The Balaban J connectivity index is 1.99. The van der Waals surface area contributed by atoms with Gasteiger partial charge in [-0.3, -0.25) is 9.59 Å². The smallest absolute Gasteiger partial charge is 0.252 e. The second-order valence-electron chi connectivity index (χ2n) is 5.23. The van der Waals surface area contributed by atoms with Crippen molar-refractivity contribution < 1.29 is 18.8 Å². The molecule has 7 heteroatoms. The molecule has 0 saturated carbocycles. The Labute approximate surface area is 123 Å². The largest absolute Gasteiger partial charge is 0.372 e. The first-order valence-electron chi connectivity index (χ1n) is 7.07. The molecule has 0 spiro atoms. The number of hydrogen-bond acceptors (Lipinski definition) is 5. The molecule has 0 aromatic carbocycles. The van der Waals surface area contributed by atoms with Gasteiger partial charge in [0.15, 0.2) is 5.76 Å². The zero-order valence-corrected chi connectivity index (χ0v) is 12.6. The van der Waals surface area contributed by atoms with Gasteiger partial charge in [0, 0.05) is 13.7 Å². The fraction of sp³-hybridized carbons (Fsp3) is 0.643. The quantitative estimate of drug-likeness (QED) is 0.904. The van der Waals surface area contributed by atoms with Crippen molar-refractivity contribution in [2.45, 2.75) is 39.2 Å². The van der Waals surface area contributed by atoms with E-state index < -0.39 is 6.10 Å². The van der Waals surface area contributed by atoms with Crippen molar-refractivity contribution in [2.24, 2.45) is 0 Å². The molecular formula is C14H21N3O4. The van der Waals surface area contributed by atoms with Gasteiger partial charge in [-0.1, -0.05) is 5.16 Å². The number of methoxy groups -OCH3 is 1. The first-order valence-corrected chi connectivity index (χ1v) is 7.07. The molecule has 1 saturated heterocycles. The number of likely N-dealkylation sites (tertiary alicyclic amines) is 1. The Morgan fingerprint density at radius 3 is 2.86 bits per heavy atom. The maximum Gasteiger partial charge on any atom is 0.252 e. The molecule has 1 aliphatic heterocycles. The van der Waals surface area contributed by atoms with Crippen LogP contribution in [0.3, 0.4) is 0 Å². The van der Waals surface area contributed by atoms with E-state index in [1.165, 1.54) is 7.11 Å². The molecule has 2 heterocycles. The van der Waals surface area contributed by atoms with E-state index >= 15 is 0 Å². The molecule has 0 bridgehead atoms. The highest BCUT2D eigenvalue weighted by molar-refractivity contribution is 5.95. The highest BCUT2D eigenvalue weighted by Crippen LogP contribution is 2.19. The maximum atomic E-state index is 12.2. The second kappa shape index (κ2) is 6.71. The van der Waals surface area contributed by atoms with E-state index in [2.05, 4.69) is 10.5 Å². The summed E-state index contributed by atoms with van der Waals surface area (Å²) >= 11 is 0. The van der Waals surface area contributed by atoms with Crippen LogP contribution in [0.2, 0.25) is 0 Å². The second-order valence-corrected chi connectivity index (χ2v) is 5.23. The summed E-state index contributed by atoms with van der Waals surface area (Å²) in [5.41, 5.74) is 1.20. The van der Waals surface area contributed by atoms with Crippen molar-refractivity contribution in [3.8, 4) is 0 Å². The average Bonchev–Trinajstić information content (AvgIpc) is 2.67. The third-order valence-electron chi connectivity index (χ3n) is 3.65. The zero-order valence-electron chi connectivity index (χ0n) is 12.6. The van der Waals surface area contributed by atoms with Gasteiger partial charge >= 0.3 is 0 Å². The Kier molecular flexibility index (Phi) is 4.95. The Bertz CT molecular complexity index is 507. The third kappa shape index (κ3) is 3.60. The van der Waals surface area contributed by atoms with Crippen LogP contribution in [-0.2, 0) is 14.3 Å². The number of aryl methyl sites for hydroxylation is 2. The Hall–Kier alpha value is -1.89. The first-order chi connectivity index (χ1) is 10.0. The van der Waals surface area contributed by atoms with E-state index in [1.807, 2.05) is 0 Å². The van der Waals surface area contributed by atoms with E-state index in [0.717, 1.165) is 12.8 Å². The highest BCUT2D eigenvalue weighted by Gasteiger charge is 2.28. The van der Waals surface area contributed by atoms with Crippen LogP contribution < -0.4 is 5.32 Å². The van der Waals surface area contributed by atoms with Crippen LogP contribution in [0.1, 0.15) is 30.7 Å². The monoisotopic (exact) mass is 295 g/mol. The molecule has 7 nitrogen and oxygen atoms in total. The van der Waals surface area contributed by atoms with Crippen molar-refractivity contribution >= 4 is 17.5 Å². The molecule has 0 aliphatic carbocycles. The van der Waals surface area contributed by atoms with Crippen LogP contribution in [0.25, 0.3) is 0 Å². The lowest BCUT2D eigenvalue weighted by Crippen LogP contribution is -2.43. The summed E-state index contributed by atoms with van der Waals surface area (Å²) in [7, 11) is 1.52. The number of rotatable bonds is 4. The van der Waals surface area contributed by atoms with Crippen LogP contribution >= 0.6 is 0 Å². The summed E-state index contributed by atoms with van der Waals surface area (Å²) in [5.74, 6) is 0.177. The van der Waals surface area contributed by atoms with Crippen LogP contribution in [0.4, 0.5) is 5.69 Å². The van der Waals surface area contributed by atoms with Crippen molar-refractivity contribution in [1.29, 1.82) is 0 Å². The Morgan fingerprint density at radius 1 is 1.48 bits per heavy atom. The van der Waals surface area contributed by atoms with Gasteiger partial charge in [0.05, 0.1) is 6.54 Å². The number of aromatic nitrogens is 1. The number of nitrogens with one attached hydrogen (secondary N) is 1. The number of amides is 2. The molecule has 1 fully saturated rings. The molecule has 2 amide bonds. The average molecular weight is 295 g/mol. The van der Waals surface area contributed by atoms with E-state index in [4.69, 9.17) is 9.26 Å². The first kappa shape index (κ1) is 15.5. The van der Waals surface area contributed by atoms with Gasteiger partial charge < -0.3 is 19.5 Å². The molecule has 2 rings (SSSR count). The van der Waals surface area contributed by atoms with Gasteiger partial charge in [-0.25, -0.2) is 0 Å². The van der Waals surface area contributed by atoms with Gasteiger partial charge in [-0.2, -0.15) is 0 Å². The third-order valence-corrected chi connectivity index (χ3v) is 3.65. The normalized spacial score (nSPS) is 19.5. The molecule has 1 aromatic heterocycles. The fourth-order valence-corrected chi connectivity index (χ4v) is 2.46. The van der Waals surface area contributed by atoms with Gasteiger partial charge in [0.25, 0.3) is 5.91 Å². The van der Waals surface area contributed by atoms with Crippen molar-refractivity contribution in [3.05, 3.63) is 11.5 Å². The molecule has 1 atom stereocenters. The minimum absolute atomic E-state index is 0.0166. The topological polar surface area (TPSA) is 84.7 Å². The standard InChI is InChI=1S/C14H21N3O4/c1-9-13(10(2)21-16-9)15-12(18)8-17-7-5-4-6-11(20-3)14(17)19/h11H,4-8H2,1-3H3,(H,15,18). The fourth-order valence-electron chi connectivity index (χ4n) is 2.46. The number of ether oxygens (including phenoxy) is 1. The SMILES string of the molecule is COC1CCCCN(CC(=O)Nc2c(C)noc2C)C1=O. The highest BCUT2D eigenvalue weighted by atomic mass is 16.5. The molecule has 1 aromatic rings. The van der Waals surface area contributed by atoms with Crippen LogP contribution in [0.15, 0.2) is 4.52 Å². The minimum Gasteiger partial charge on any atom is -0.372 e. The lowest BCUT2D eigenvalue weighted by Gasteiger charge is -2.23. The van der Waals surface area contributed by atoms with Crippen LogP contribution in [0.5, 0.6) is 0 Å². The minimum atomic E-state index is -0.445. The van der Waals surface area contributed by atoms with Crippen molar-refractivity contribution in [3.63, 3.8) is 0 Å². The summed E-state index contributed by atoms with van der Waals surface area (Å²) in [6.07, 6.45) is 2.06. The number of hydrogen-bond donors (Lipinski definition) is 1. The van der Waals surface area contributed by atoms with E-state index in [1.54, 1.807) is 18.7 Å². The summed E-state index contributed by atoms with van der Waals surface area (Å²) in [6, 6.07) is 0. The van der Waals surface area contributed by atoms with Gasteiger partial charge in [-0.05, 0) is 33.1 Å². The summed E-state index contributed by atoms with van der Waals surface area (Å²) in [6.45, 7) is 4.08. The number of carbonyl (C=O) groups is 2. The lowest BCUT2D eigenvalue weighted by atomic mass is 10.2. The van der Waals surface area contributed by atoms with Crippen molar-refractivity contribution in [1.82, 2.24) is 10.1 Å². The number of anilines is 1. The summed E-state index contributed by atoms with van der Waals surface area (Å²) < 4.78 is 10.2. The van der Waals surface area contributed by atoms with Crippen LogP contribution in [-0.4, -0.2) is 48.2 Å². The lowest BCUT2D eigenvalue weighted by molar-refractivity contribution is -0.143. The maximum absolute atomic E-state index is 12.2. The number of carbonyl (C=O) groups excluding carboxylic acids is 2. The van der Waals surface area contributed by atoms with Gasteiger partial charge in [0.1, 0.15) is 17.5 Å². The molecule has 1 N–H and O–H groups in total. The molecule has 21 heavy (non-hydrogen) atoms. The van der Waals surface area contributed by atoms with Gasteiger partial charge in [-0.15, -0.1) is 0 Å². The molecule has 116 valence electrons. The number of nitrogens with zero attached hydrogens (tertiary/aromatic N) is 2. The predicted octanol–water partition coefficient (Wildman–Crippen LogP) is 1.26. The van der Waals surface area contributed by atoms with E-state index in [0.29, 0.717) is 30.1 Å².